The highest BCUT2D eigenvalue weighted by Gasteiger charge is 2.27. The SMILES string of the molecule is COc1ccccc1N1CCN([C@H](C)C(=O)Nc2ccccc2C(C)=O)CC1. The molecule has 148 valence electrons. The van der Waals surface area contributed by atoms with Crippen molar-refractivity contribution in [3.8, 4) is 5.75 Å². The monoisotopic (exact) mass is 381 g/mol. The maximum absolute atomic E-state index is 12.7. The van der Waals surface area contributed by atoms with Gasteiger partial charge in [0.2, 0.25) is 5.91 Å². The van der Waals surface area contributed by atoms with Crippen LogP contribution in [-0.2, 0) is 4.79 Å². The second-order valence-electron chi connectivity index (χ2n) is 6.96. The molecular weight excluding hydrogens is 354 g/mol. The van der Waals surface area contributed by atoms with Gasteiger partial charge < -0.3 is 15.0 Å². The predicted molar refractivity (Wildman–Crippen MR) is 111 cm³/mol. The number of anilines is 2. The second-order valence-corrected chi connectivity index (χ2v) is 6.96. The minimum atomic E-state index is -0.278. The maximum atomic E-state index is 12.7. The van der Waals surface area contributed by atoms with Crippen LogP contribution in [0.5, 0.6) is 5.75 Å². The van der Waals surface area contributed by atoms with Crippen LogP contribution in [0.3, 0.4) is 0 Å². The molecule has 1 amide bonds. The summed E-state index contributed by atoms with van der Waals surface area (Å²) in [6.45, 7) is 6.61. The first-order valence-electron chi connectivity index (χ1n) is 9.54. The third kappa shape index (κ3) is 4.34. The summed E-state index contributed by atoms with van der Waals surface area (Å²) < 4.78 is 5.46. The van der Waals surface area contributed by atoms with Crippen molar-refractivity contribution in [3.63, 3.8) is 0 Å². The van der Waals surface area contributed by atoms with Crippen LogP contribution in [0.4, 0.5) is 11.4 Å². The van der Waals surface area contributed by atoms with E-state index in [-0.39, 0.29) is 17.7 Å². The summed E-state index contributed by atoms with van der Waals surface area (Å²) in [4.78, 5) is 29.0. The number of nitrogens with zero attached hydrogens (tertiary/aromatic N) is 2. The molecule has 0 unspecified atom stereocenters. The van der Waals surface area contributed by atoms with E-state index in [1.54, 1.807) is 25.3 Å². The molecule has 0 bridgehead atoms. The number of benzene rings is 2. The molecule has 0 aromatic heterocycles. The predicted octanol–water partition coefficient (Wildman–Crippen LogP) is 3.05. The van der Waals surface area contributed by atoms with E-state index in [0.717, 1.165) is 37.6 Å². The Bertz CT molecular complexity index is 844. The van der Waals surface area contributed by atoms with Gasteiger partial charge in [-0.05, 0) is 38.1 Å². The first-order valence-corrected chi connectivity index (χ1v) is 9.54. The van der Waals surface area contributed by atoms with Gasteiger partial charge in [-0.25, -0.2) is 0 Å². The van der Waals surface area contributed by atoms with E-state index in [9.17, 15) is 9.59 Å². The first-order chi connectivity index (χ1) is 13.5. The highest BCUT2D eigenvalue weighted by molar-refractivity contribution is 6.04. The van der Waals surface area contributed by atoms with Crippen molar-refractivity contribution in [2.24, 2.45) is 0 Å². The molecule has 0 radical (unpaired) electrons. The molecule has 1 aliphatic rings. The lowest BCUT2D eigenvalue weighted by Gasteiger charge is -2.38. The lowest BCUT2D eigenvalue weighted by Crippen LogP contribution is -2.53. The van der Waals surface area contributed by atoms with Crippen LogP contribution in [0, 0.1) is 0 Å². The molecule has 1 saturated heterocycles. The van der Waals surface area contributed by atoms with Gasteiger partial charge in [0.1, 0.15) is 5.75 Å². The summed E-state index contributed by atoms with van der Waals surface area (Å²) in [6, 6.07) is 14.8. The molecule has 2 aromatic rings. The van der Waals surface area contributed by atoms with E-state index in [4.69, 9.17) is 4.74 Å². The quantitative estimate of drug-likeness (QED) is 0.780. The number of nitrogens with one attached hydrogen (secondary N) is 1. The number of rotatable bonds is 6. The number of Topliss-reactive ketones (excluding diaryl/α,β-unsaturated/α-hetero) is 1. The van der Waals surface area contributed by atoms with E-state index in [0.29, 0.717) is 11.3 Å². The van der Waals surface area contributed by atoms with E-state index in [2.05, 4.69) is 21.2 Å². The van der Waals surface area contributed by atoms with Gasteiger partial charge >= 0.3 is 0 Å². The van der Waals surface area contributed by atoms with Gasteiger partial charge in [0.15, 0.2) is 5.78 Å². The zero-order valence-corrected chi connectivity index (χ0v) is 16.6. The molecule has 1 heterocycles. The van der Waals surface area contributed by atoms with Crippen molar-refractivity contribution in [1.82, 2.24) is 4.90 Å². The number of ketones is 1. The summed E-state index contributed by atoms with van der Waals surface area (Å²) in [6.07, 6.45) is 0. The summed E-state index contributed by atoms with van der Waals surface area (Å²) in [7, 11) is 1.68. The number of hydrogen-bond donors (Lipinski definition) is 1. The van der Waals surface area contributed by atoms with Gasteiger partial charge in [-0.3, -0.25) is 14.5 Å². The highest BCUT2D eigenvalue weighted by Crippen LogP contribution is 2.28. The number of piperazine rings is 1. The largest absolute Gasteiger partial charge is 0.495 e. The Hall–Kier alpha value is -2.86. The third-order valence-corrected chi connectivity index (χ3v) is 5.23. The van der Waals surface area contributed by atoms with Gasteiger partial charge in [-0.2, -0.15) is 0 Å². The number of amides is 1. The average molecular weight is 381 g/mol. The van der Waals surface area contributed by atoms with E-state index >= 15 is 0 Å². The van der Waals surface area contributed by atoms with Crippen LogP contribution in [0.1, 0.15) is 24.2 Å². The van der Waals surface area contributed by atoms with Gasteiger partial charge in [-0.1, -0.05) is 24.3 Å². The van der Waals surface area contributed by atoms with Crippen molar-refractivity contribution in [2.45, 2.75) is 19.9 Å². The Kier molecular flexibility index (Phi) is 6.31. The van der Waals surface area contributed by atoms with Crippen LogP contribution in [0.25, 0.3) is 0 Å². The number of methoxy groups -OCH3 is 1. The fourth-order valence-corrected chi connectivity index (χ4v) is 3.54. The van der Waals surface area contributed by atoms with Crippen LogP contribution in [0.2, 0.25) is 0 Å². The molecule has 3 rings (SSSR count). The Morgan fingerprint density at radius 3 is 2.32 bits per heavy atom. The summed E-state index contributed by atoms with van der Waals surface area (Å²) >= 11 is 0. The molecule has 6 nitrogen and oxygen atoms in total. The molecule has 2 aromatic carbocycles. The maximum Gasteiger partial charge on any atom is 0.241 e. The Balaban J connectivity index is 1.61. The van der Waals surface area contributed by atoms with Crippen molar-refractivity contribution in [1.29, 1.82) is 0 Å². The molecular formula is C22H27N3O3. The minimum Gasteiger partial charge on any atom is -0.495 e. The fraction of sp³-hybridized carbons (Fsp3) is 0.364. The van der Waals surface area contributed by atoms with Crippen LogP contribution < -0.4 is 15.0 Å². The highest BCUT2D eigenvalue weighted by atomic mass is 16.5. The average Bonchev–Trinajstić information content (AvgIpc) is 2.73. The second kappa shape index (κ2) is 8.89. The van der Waals surface area contributed by atoms with Crippen molar-refractivity contribution >= 4 is 23.1 Å². The van der Waals surface area contributed by atoms with Crippen LogP contribution in [0.15, 0.2) is 48.5 Å². The molecule has 28 heavy (non-hydrogen) atoms. The van der Waals surface area contributed by atoms with Crippen molar-refractivity contribution in [2.75, 3.05) is 43.5 Å². The summed E-state index contributed by atoms with van der Waals surface area (Å²) in [5, 5.41) is 2.92. The van der Waals surface area contributed by atoms with Crippen molar-refractivity contribution in [3.05, 3.63) is 54.1 Å². The van der Waals surface area contributed by atoms with Crippen LogP contribution >= 0.6 is 0 Å². The van der Waals surface area contributed by atoms with E-state index < -0.39 is 0 Å². The summed E-state index contributed by atoms with van der Waals surface area (Å²) in [5.41, 5.74) is 2.18. The number of carbonyl (C=O) groups is 2. The Morgan fingerprint density at radius 2 is 1.64 bits per heavy atom. The molecule has 1 atom stereocenters. The molecule has 0 aliphatic carbocycles. The summed E-state index contributed by atoms with van der Waals surface area (Å²) in [5.74, 6) is 0.705. The molecule has 1 N–H and O–H groups in total. The normalized spacial score (nSPS) is 15.8. The minimum absolute atomic E-state index is 0.0611. The van der Waals surface area contributed by atoms with Crippen LogP contribution in [-0.4, -0.2) is 55.9 Å². The van der Waals surface area contributed by atoms with Gasteiger partial charge in [0.05, 0.1) is 24.5 Å². The smallest absolute Gasteiger partial charge is 0.241 e. The fourth-order valence-electron chi connectivity index (χ4n) is 3.54. The topological polar surface area (TPSA) is 61.9 Å². The molecule has 1 aliphatic heterocycles. The van der Waals surface area contributed by atoms with Crippen molar-refractivity contribution < 1.29 is 14.3 Å². The van der Waals surface area contributed by atoms with E-state index in [1.807, 2.05) is 31.2 Å². The third-order valence-electron chi connectivity index (χ3n) is 5.23. The number of ether oxygens (including phenoxy) is 1. The Morgan fingerprint density at radius 1 is 1.00 bits per heavy atom. The standard InChI is InChI=1S/C22H27N3O3/c1-16(22(27)23-19-9-5-4-8-18(19)17(2)26)24-12-14-25(15-13-24)20-10-6-7-11-21(20)28-3/h4-11,16H,12-15H2,1-3H3,(H,23,27)/t16-/m1/s1. The number of para-hydroxylation sites is 3. The lowest BCUT2D eigenvalue weighted by atomic mass is 10.1. The van der Waals surface area contributed by atoms with Gasteiger partial charge in [0.25, 0.3) is 0 Å². The number of hydrogen-bond acceptors (Lipinski definition) is 5. The zero-order chi connectivity index (χ0) is 20.1. The molecule has 6 heteroatoms. The van der Waals surface area contributed by atoms with Gasteiger partial charge in [0, 0.05) is 31.7 Å². The number of carbonyl (C=O) groups excluding carboxylic acids is 2. The Labute approximate surface area is 166 Å². The first kappa shape index (κ1) is 19.9. The molecule has 0 saturated carbocycles. The van der Waals surface area contributed by atoms with E-state index in [1.165, 1.54) is 6.92 Å². The zero-order valence-electron chi connectivity index (χ0n) is 16.6. The molecule has 0 spiro atoms. The lowest BCUT2D eigenvalue weighted by molar-refractivity contribution is -0.120. The molecule has 1 fully saturated rings. The van der Waals surface area contributed by atoms with Gasteiger partial charge in [-0.15, -0.1) is 0 Å².